The van der Waals surface area contributed by atoms with Crippen molar-refractivity contribution in [3.05, 3.63) is 12.4 Å². The van der Waals surface area contributed by atoms with Crippen LogP contribution in [0.1, 0.15) is 19.8 Å². The van der Waals surface area contributed by atoms with Crippen molar-refractivity contribution in [1.29, 1.82) is 0 Å². The van der Waals surface area contributed by atoms with Crippen molar-refractivity contribution in [3.8, 4) is 0 Å². The van der Waals surface area contributed by atoms with Crippen LogP contribution in [0.2, 0.25) is 0 Å². The van der Waals surface area contributed by atoms with Crippen LogP contribution >= 0.6 is 0 Å². The lowest BCUT2D eigenvalue weighted by Gasteiger charge is -2.33. The molecule has 0 bridgehead atoms. The Morgan fingerprint density at radius 1 is 1.60 bits per heavy atom. The first-order valence-electron chi connectivity index (χ1n) is 5.78. The monoisotopic (exact) mass is 208 g/mol. The van der Waals surface area contributed by atoms with Gasteiger partial charge in [0.25, 0.3) is 0 Å². The molecule has 0 aliphatic carbocycles. The third-order valence-electron chi connectivity index (χ3n) is 3.14. The van der Waals surface area contributed by atoms with Gasteiger partial charge < -0.3 is 10.2 Å². The number of hydrogen-bond acceptors (Lipinski definition) is 3. The normalized spacial score (nSPS) is 22.0. The lowest BCUT2D eigenvalue weighted by molar-refractivity contribution is 0.449. The van der Waals surface area contributed by atoms with Crippen LogP contribution in [0.5, 0.6) is 0 Å². The number of likely N-dealkylation sites (N-methyl/N-ethyl adjacent to an activating group) is 1. The molecule has 1 aromatic heterocycles. The fourth-order valence-electron chi connectivity index (χ4n) is 2.14. The Hall–Kier alpha value is -1.03. The molecule has 1 aliphatic heterocycles. The van der Waals surface area contributed by atoms with Crippen LogP contribution in [0.3, 0.4) is 0 Å². The zero-order valence-electron chi connectivity index (χ0n) is 9.61. The van der Waals surface area contributed by atoms with Crippen molar-refractivity contribution in [2.75, 3.05) is 25.0 Å². The molecule has 1 saturated heterocycles. The Labute approximate surface area is 91.3 Å². The average Bonchev–Trinajstić information content (AvgIpc) is 2.78. The summed E-state index contributed by atoms with van der Waals surface area (Å²) in [4.78, 5) is 2.42. The number of nitrogens with zero attached hydrogens (tertiary/aromatic N) is 3. The van der Waals surface area contributed by atoms with E-state index in [2.05, 4.69) is 28.4 Å². The van der Waals surface area contributed by atoms with Crippen molar-refractivity contribution >= 4 is 5.69 Å². The summed E-state index contributed by atoms with van der Waals surface area (Å²) in [5, 5.41) is 7.67. The van der Waals surface area contributed by atoms with Crippen LogP contribution in [0.15, 0.2) is 12.4 Å². The SMILES string of the molecule is CCn1cc(N2CCCC(NC)C2)cn1. The number of hydrogen-bond donors (Lipinski definition) is 1. The highest BCUT2D eigenvalue weighted by Crippen LogP contribution is 2.18. The summed E-state index contributed by atoms with van der Waals surface area (Å²) in [6.45, 7) is 5.33. The number of nitrogens with one attached hydrogen (secondary N) is 1. The van der Waals surface area contributed by atoms with Gasteiger partial charge in [0.05, 0.1) is 11.9 Å². The van der Waals surface area contributed by atoms with Crippen molar-refractivity contribution in [2.45, 2.75) is 32.4 Å². The van der Waals surface area contributed by atoms with E-state index in [1.165, 1.54) is 18.5 Å². The number of anilines is 1. The van der Waals surface area contributed by atoms with Gasteiger partial charge in [-0.05, 0) is 26.8 Å². The van der Waals surface area contributed by atoms with Crippen molar-refractivity contribution in [2.24, 2.45) is 0 Å². The maximum absolute atomic E-state index is 4.32. The van der Waals surface area contributed by atoms with Gasteiger partial charge in [0.1, 0.15) is 0 Å². The van der Waals surface area contributed by atoms with Gasteiger partial charge >= 0.3 is 0 Å². The molecule has 1 aromatic rings. The zero-order chi connectivity index (χ0) is 10.7. The standard InChI is InChI=1S/C11H20N4/c1-3-15-9-11(7-13-15)14-6-4-5-10(8-14)12-2/h7,9-10,12H,3-6,8H2,1-2H3. The Balaban J connectivity index is 2.03. The van der Waals surface area contributed by atoms with E-state index < -0.39 is 0 Å². The summed E-state index contributed by atoms with van der Waals surface area (Å²) in [7, 11) is 2.05. The smallest absolute Gasteiger partial charge is 0.0753 e. The molecule has 2 heterocycles. The molecule has 0 saturated carbocycles. The molecule has 1 N–H and O–H groups in total. The lowest BCUT2D eigenvalue weighted by Crippen LogP contribution is -2.44. The van der Waals surface area contributed by atoms with Crippen LogP contribution in [0, 0.1) is 0 Å². The minimum Gasteiger partial charge on any atom is -0.367 e. The van der Waals surface area contributed by atoms with Gasteiger partial charge in [-0.15, -0.1) is 0 Å². The number of aromatic nitrogens is 2. The van der Waals surface area contributed by atoms with Gasteiger partial charge in [-0.2, -0.15) is 5.10 Å². The van der Waals surface area contributed by atoms with Crippen LogP contribution < -0.4 is 10.2 Å². The third-order valence-corrected chi connectivity index (χ3v) is 3.14. The first-order valence-corrected chi connectivity index (χ1v) is 5.78. The van der Waals surface area contributed by atoms with Crippen LogP contribution in [0.25, 0.3) is 0 Å². The summed E-state index contributed by atoms with van der Waals surface area (Å²) >= 11 is 0. The molecule has 0 aromatic carbocycles. The Kier molecular flexibility index (Phi) is 3.26. The summed E-state index contributed by atoms with van der Waals surface area (Å²) in [6.07, 6.45) is 6.66. The molecule has 0 radical (unpaired) electrons. The number of aryl methyl sites for hydroxylation is 1. The Bertz CT molecular complexity index is 307. The molecule has 84 valence electrons. The van der Waals surface area contributed by atoms with Crippen molar-refractivity contribution in [1.82, 2.24) is 15.1 Å². The van der Waals surface area contributed by atoms with Crippen molar-refractivity contribution in [3.63, 3.8) is 0 Å². The highest BCUT2D eigenvalue weighted by molar-refractivity contribution is 5.43. The minimum absolute atomic E-state index is 0.628. The predicted molar refractivity (Wildman–Crippen MR) is 62.2 cm³/mol. The van der Waals surface area contributed by atoms with E-state index in [1.807, 2.05) is 17.9 Å². The zero-order valence-corrected chi connectivity index (χ0v) is 9.61. The molecular formula is C11H20N4. The van der Waals surface area contributed by atoms with E-state index in [0.717, 1.165) is 19.6 Å². The van der Waals surface area contributed by atoms with Gasteiger partial charge in [-0.3, -0.25) is 4.68 Å². The largest absolute Gasteiger partial charge is 0.367 e. The van der Waals surface area contributed by atoms with Gasteiger partial charge in [0.2, 0.25) is 0 Å². The average molecular weight is 208 g/mol. The quantitative estimate of drug-likeness (QED) is 0.807. The maximum atomic E-state index is 4.32. The summed E-state index contributed by atoms with van der Waals surface area (Å²) in [6, 6.07) is 0.628. The third kappa shape index (κ3) is 2.31. The fraction of sp³-hybridized carbons (Fsp3) is 0.727. The number of piperidine rings is 1. The predicted octanol–water partition coefficient (Wildman–Crippen LogP) is 1.09. The second-order valence-electron chi connectivity index (χ2n) is 4.13. The van der Waals surface area contributed by atoms with Gasteiger partial charge in [0, 0.05) is 31.9 Å². The molecule has 4 nitrogen and oxygen atoms in total. The molecule has 1 aliphatic rings. The molecule has 0 amide bonds. The minimum atomic E-state index is 0.628. The van der Waals surface area contributed by atoms with E-state index in [4.69, 9.17) is 0 Å². The molecule has 1 fully saturated rings. The Morgan fingerprint density at radius 3 is 3.13 bits per heavy atom. The first kappa shape index (κ1) is 10.5. The molecule has 0 spiro atoms. The molecule has 15 heavy (non-hydrogen) atoms. The highest BCUT2D eigenvalue weighted by Gasteiger charge is 2.19. The van der Waals surface area contributed by atoms with Crippen LogP contribution in [-0.4, -0.2) is 36.0 Å². The summed E-state index contributed by atoms with van der Waals surface area (Å²) in [5.74, 6) is 0. The van der Waals surface area contributed by atoms with Crippen molar-refractivity contribution < 1.29 is 0 Å². The van der Waals surface area contributed by atoms with Gasteiger partial charge in [0.15, 0.2) is 0 Å². The fourth-order valence-corrected chi connectivity index (χ4v) is 2.14. The highest BCUT2D eigenvalue weighted by atomic mass is 15.3. The second kappa shape index (κ2) is 4.66. The topological polar surface area (TPSA) is 33.1 Å². The molecule has 4 heteroatoms. The van der Waals surface area contributed by atoms with E-state index >= 15 is 0 Å². The number of rotatable bonds is 3. The van der Waals surface area contributed by atoms with Crippen LogP contribution in [0.4, 0.5) is 5.69 Å². The van der Waals surface area contributed by atoms with Gasteiger partial charge in [-0.1, -0.05) is 0 Å². The summed E-state index contributed by atoms with van der Waals surface area (Å²) < 4.78 is 1.98. The summed E-state index contributed by atoms with van der Waals surface area (Å²) in [5.41, 5.74) is 1.26. The Morgan fingerprint density at radius 2 is 2.47 bits per heavy atom. The maximum Gasteiger partial charge on any atom is 0.0753 e. The van der Waals surface area contributed by atoms with E-state index in [9.17, 15) is 0 Å². The molecule has 1 atom stereocenters. The second-order valence-corrected chi connectivity index (χ2v) is 4.13. The van der Waals surface area contributed by atoms with E-state index in [1.54, 1.807) is 0 Å². The van der Waals surface area contributed by atoms with E-state index in [0.29, 0.717) is 6.04 Å². The first-order chi connectivity index (χ1) is 7.33. The molecule has 2 rings (SSSR count). The molecular weight excluding hydrogens is 188 g/mol. The van der Waals surface area contributed by atoms with Gasteiger partial charge in [-0.25, -0.2) is 0 Å². The van der Waals surface area contributed by atoms with Crippen LogP contribution in [-0.2, 0) is 6.54 Å². The lowest BCUT2D eigenvalue weighted by atomic mass is 10.1. The van der Waals surface area contributed by atoms with E-state index in [-0.39, 0.29) is 0 Å². The molecule has 1 unspecified atom stereocenters.